The molecular weight excluding hydrogens is 184 g/mol. The predicted molar refractivity (Wildman–Crippen MR) is 65.1 cm³/mol. The quantitative estimate of drug-likeness (QED) is 0.655. The molecule has 0 saturated carbocycles. The average molecular weight is 210 g/mol. The van der Waals surface area contributed by atoms with Gasteiger partial charge in [0.05, 0.1) is 0 Å². The van der Waals surface area contributed by atoms with E-state index in [9.17, 15) is 0 Å². The first-order valence-electron chi connectivity index (χ1n) is 6.68. The van der Waals surface area contributed by atoms with E-state index in [1.807, 2.05) is 0 Å². The third-order valence-corrected chi connectivity index (χ3v) is 4.05. The van der Waals surface area contributed by atoms with Gasteiger partial charge in [-0.2, -0.15) is 0 Å². The second-order valence-electron chi connectivity index (χ2n) is 5.64. The van der Waals surface area contributed by atoms with Crippen LogP contribution in [0.25, 0.3) is 0 Å². The second kappa shape index (κ2) is 5.31. The molecule has 0 bridgehead atoms. The van der Waals surface area contributed by atoms with Crippen molar-refractivity contribution >= 4 is 0 Å². The molecule has 2 fully saturated rings. The summed E-state index contributed by atoms with van der Waals surface area (Å²) in [5.74, 6) is 0.879. The lowest BCUT2D eigenvalue weighted by molar-refractivity contribution is 0.143. The van der Waals surface area contributed by atoms with Gasteiger partial charge in [0.25, 0.3) is 0 Å². The lowest BCUT2D eigenvalue weighted by atomic mass is 9.98. The van der Waals surface area contributed by atoms with Gasteiger partial charge in [-0.25, -0.2) is 0 Å². The maximum absolute atomic E-state index is 2.76. The molecule has 0 aromatic carbocycles. The monoisotopic (exact) mass is 210 g/mol. The SMILES string of the molecule is CC1CC(N2CCCCC2)CCN(C)C1. The maximum atomic E-state index is 2.76. The highest BCUT2D eigenvalue weighted by Gasteiger charge is 2.25. The molecule has 2 nitrogen and oxygen atoms in total. The average Bonchev–Trinajstić information content (AvgIpc) is 2.41. The Morgan fingerprint density at radius 3 is 2.47 bits per heavy atom. The molecule has 15 heavy (non-hydrogen) atoms. The van der Waals surface area contributed by atoms with E-state index in [2.05, 4.69) is 23.8 Å². The highest BCUT2D eigenvalue weighted by Crippen LogP contribution is 2.23. The van der Waals surface area contributed by atoms with E-state index in [1.165, 1.54) is 58.3 Å². The smallest absolute Gasteiger partial charge is 0.0110 e. The number of nitrogens with zero attached hydrogens (tertiary/aromatic N) is 2. The lowest BCUT2D eigenvalue weighted by Crippen LogP contribution is -2.40. The number of likely N-dealkylation sites (tertiary alicyclic amines) is 2. The minimum Gasteiger partial charge on any atom is -0.306 e. The molecule has 0 spiro atoms. The van der Waals surface area contributed by atoms with Gasteiger partial charge < -0.3 is 9.80 Å². The van der Waals surface area contributed by atoms with Gasteiger partial charge in [0.1, 0.15) is 0 Å². The molecule has 2 heteroatoms. The Hall–Kier alpha value is -0.0800. The van der Waals surface area contributed by atoms with E-state index in [1.54, 1.807) is 0 Å². The Bertz CT molecular complexity index is 187. The molecule has 2 heterocycles. The molecule has 2 rings (SSSR count). The van der Waals surface area contributed by atoms with Crippen molar-refractivity contribution in [1.82, 2.24) is 9.80 Å². The van der Waals surface area contributed by atoms with Gasteiger partial charge in [-0.05, 0) is 58.3 Å². The summed E-state index contributed by atoms with van der Waals surface area (Å²) in [7, 11) is 2.27. The Morgan fingerprint density at radius 1 is 1.00 bits per heavy atom. The zero-order chi connectivity index (χ0) is 10.7. The van der Waals surface area contributed by atoms with Crippen molar-refractivity contribution in [2.24, 2.45) is 5.92 Å². The summed E-state index contributed by atoms with van der Waals surface area (Å²) in [5, 5.41) is 0. The van der Waals surface area contributed by atoms with E-state index < -0.39 is 0 Å². The van der Waals surface area contributed by atoms with Gasteiger partial charge in [0.15, 0.2) is 0 Å². The van der Waals surface area contributed by atoms with Crippen LogP contribution in [0.3, 0.4) is 0 Å². The Kier molecular flexibility index (Phi) is 4.04. The minimum absolute atomic E-state index is 0.879. The molecule has 0 aliphatic carbocycles. The Balaban J connectivity index is 1.89. The van der Waals surface area contributed by atoms with E-state index in [0.717, 1.165) is 12.0 Å². The van der Waals surface area contributed by atoms with Gasteiger partial charge in [-0.3, -0.25) is 0 Å². The largest absolute Gasteiger partial charge is 0.306 e. The van der Waals surface area contributed by atoms with E-state index in [-0.39, 0.29) is 0 Å². The summed E-state index contributed by atoms with van der Waals surface area (Å²) in [6.07, 6.45) is 7.13. The zero-order valence-electron chi connectivity index (χ0n) is 10.4. The molecule has 0 radical (unpaired) electrons. The van der Waals surface area contributed by atoms with Crippen molar-refractivity contribution in [1.29, 1.82) is 0 Å². The molecule has 2 saturated heterocycles. The van der Waals surface area contributed by atoms with Crippen LogP contribution < -0.4 is 0 Å². The topological polar surface area (TPSA) is 6.48 Å². The van der Waals surface area contributed by atoms with E-state index in [0.29, 0.717) is 0 Å². The molecule has 2 aliphatic rings. The Morgan fingerprint density at radius 2 is 1.73 bits per heavy atom. The number of piperidine rings is 1. The summed E-state index contributed by atoms with van der Waals surface area (Å²) in [6.45, 7) is 7.73. The lowest BCUT2D eigenvalue weighted by Gasteiger charge is -2.34. The van der Waals surface area contributed by atoms with Crippen molar-refractivity contribution in [3.05, 3.63) is 0 Å². The van der Waals surface area contributed by atoms with E-state index >= 15 is 0 Å². The number of rotatable bonds is 1. The number of hydrogen-bond donors (Lipinski definition) is 0. The third kappa shape index (κ3) is 3.18. The molecule has 2 aliphatic heterocycles. The van der Waals surface area contributed by atoms with Crippen molar-refractivity contribution in [3.8, 4) is 0 Å². The third-order valence-electron chi connectivity index (χ3n) is 4.05. The van der Waals surface area contributed by atoms with Crippen LogP contribution in [-0.2, 0) is 0 Å². The maximum Gasteiger partial charge on any atom is 0.0110 e. The van der Waals surface area contributed by atoms with Crippen LogP contribution in [0.15, 0.2) is 0 Å². The van der Waals surface area contributed by atoms with Gasteiger partial charge >= 0.3 is 0 Å². The first-order valence-corrected chi connectivity index (χ1v) is 6.68. The van der Waals surface area contributed by atoms with Crippen molar-refractivity contribution in [3.63, 3.8) is 0 Å². The van der Waals surface area contributed by atoms with Crippen LogP contribution in [0.5, 0.6) is 0 Å². The molecule has 0 N–H and O–H groups in total. The van der Waals surface area contributed by atoms with Crippen LogP contribution in [0.1, 0.15) is 39.0 Å². The molecular formula is C13H26N2. The fourth-order valence-corrected chi connectivity index (χ4v) is 3.26. The standard InChI is InChI=1S/C13H26N2/c1-12-10-13(6-9-14(2)11-12)15-7-4-3-5-8-15/h12-13H,3-11H2,1-2H3. The zero-order valence-corrected chi connectivity index (χ0v) is 10.4. The van der Waals surface area contributed by atoms with Crippen LogP contribution in [-0.4, -0.2) is 49.1 Å². The molecule has 2 atom stereocenters. The fraction of sp³-hybridized carbons (Fsp3) is 1.00. The van der Waals surface area contributed by atoms with Gasteiger partial charge in [0, 0.05) is 12.6 Å². The highest BCUT2D eigenvalue weighted by atomic mass is 15.2. The van der Waals surface area contributed by atoms with Crippen LogP contribution in [0, 0.1) is 5.92 Å². The molecule has 2 unspecified atom stereocenters. The van der Waals surface area contributed by atoms with Crippen LogP contribution in [0.2, 0.25) is 0 Å². The van der Waals surface area contributed by atoms with Crippen molar-refractivity contribution in [2.75, 3.05) is 33.2 Å². The normalized spacial score (nSPS) is 36.4. The Labute approximate surface area is 94.6 Å². The van der Waals surface area contributed by atoms with E-state index in [4.69, 9.17) is 0 Å². The van der Waals surface area contributed by atoms with Crippen LogP contribution in [0.4, 0.5) is 0 Å². The first kappa shape index (κ1) is 11.4. The molecule has 0 amide bonds. The minimum atomic E-state index is 0.879. The summed E-state index contributed by atoms with van der Waals surface area (Å²) in [6, 6.07) is 0.880. The van der Waals surface area contributed by atoms with Crippen molar-refractivity contribution in [2.45, 2.75) is 45.1 Å². The summed E-state index contributed by atoms with van der Waals surface area (Å²) in [5.41, 5.74) is 0. The second-order valence-corrected chi connectivity index (χ2v) is 5.64. The summed E-state index contributed by atoms with van der Waals surface area (Å²) >= 11 is 0. The summed E-state index contributed by atoms with van der Waals surface area (Å²) < 4.78 is 0. The molecule has 88 valence electrons. The first-order chi connectivity index (χ1) is 7.25. The summed E-state index contributed by atoms with van der Waals surface area (Å²) in [4.78, 5) is 5.27. The molecule has 0 aromatic rings. The van der Waals surface area contributed by atoms with Crippen molar-refractivity contribution < 1.29 is 0 Å². The highest BCUT2D eigenvalue weighted by molar-refractivity contribution is 4.81. The number of hydrogen-bond acceptors (Lipinski definition) is 2. The van der Waals surface area contributed by atoms with Gasteiger partial charge in [-0.15, -0.1) is 0 Å². The van der Waals surface area contributed by atoms with Gasteiger partial charge in [0.2, 0.25) is 0 Å². The molecule has 0 aromatic heterocycles. The predicted octanol–water partition coefficient (Wildman–Crippen LogP) is 2.20. The van der Waals surface area contributed by atoms with Crippen LogP contribution >= 0.6 is 0 Å². The van der Waals surface area contributed by atoms with Gasteiger partial charge in [-0.1, -0.05) is 13.3 Å². The fourth-order valence-electron chi connectivity index (χ4n) is 3.26.